The van der Waals surface area contributed by atoms with Crippen LogP contribution in [0.4, 0.5) is 9.18 Å². The van der Waals surface area contributed by atoms with Gasteiger partial charge in [0.15, 0.2) is 5.88 Å². The molecule has 8 heteroatoms. The number of amides is 2. The zero-order valence-electron chi connectivity index (χ0n) is 10.8. The topological polar surface area (TPSA) is 71.3 Å². The lowest BCUT2D eigenvalue weighted by Gasteiger charge is -2.07. The van der Waals surface area contributed by atoms with Crippen molar-refractivity contribution in [1.82, 2.24) is 9.88 Å². The summed E-state index contributed by atoms with van der Waals surface area (Å²) in [5, 5.41) is 13.8. The van der Waals surface area contributed by atoms with Crippen LogP contribution in [0.3, 0.4) is 0 Å². The molecule has 0 aliphatic carbocycles. The molecule has 0 fully saturated rings. The molecule has 22 heavy (non-hydrogen) atoms. The van der Waals surface area contributed by atoms with Crippen LogP contribution in [0.15, 0.2) is 35.7 Å². The molecule has 5 nitrogen and oxygen atoms in total. The molecule has 2 aromatic heterocycles. The lowest BCUT2D eigenvalue weighted by molar-refractivity contribution is 0.0968. The quantitative estimate of drug-likeness (QED) is 0.712. The normalized spacial score (nSPS) is 10.8. The smallest absolute Gasteiger partial charge is 0.335 e. The number of imide groups is 1. The van der Waals surface area contributed by atoms with E-state index in [0.717, 1.165) is 10.6 Å². The number of rotatable bonds is 1. The number of aromatic hydroxyl groups is 1. The first-order valence-corrected chi connectivity index (χ1v) is 7.32. The van der Waals surface area contributed by atoms with Gasteiger partial charge in [-0.2, -0.15) is 0 Å². The minimum atomic E-state index is -0.853. The highest BCUT2D eigenvalue weighted by Gasteiger charge is 2.19. The molecule has 0 spiro atoms. The van der Waals surface area contributed by atoms with E-state index in [0.29, 0.717) is 4.88 Å². The SMILES string of the molecule is O=C(NC(=O)n1c(O)cc2cc(F)c(Cl)cc21)c1cccs1. The van der Waals surface area contributed by atoms with Crippen molar-refractivity contribution in [3.63, 3.8) is 0 Å². The highest BCUT2D eigenvalue weighted by atomic mass is 35.5. The van der Waals surface area contributed by atoms with Crippen LogP contribution >= 0.6 is 22.9 Å². The van der Waals surface area contributed by atoms with E-state index in [2.05, 4.69) is 5.32 Å². The summed E-state index contributed by atoms with van der Waals surface area (Å²) >= 11 is 6.87. The van der Waals surface area contributed by atoms with Gasteiger partial charge in [-0.05, 0) is 23.6 Å². The average Bonchev–Trinajstić information content (AvgIpc) is 3.07. The Kier molecular flexibility index (Phi) is 3.59. The molecule has 3 aromatic rings. The number of fused-ring (bicyclic) bond motifs is 1. The number of carbonyl (C=O) groups is 2. The van der Waals surface area contributed by atoms with Crippen LogP contribution in [0, 0.1) is 5.82 Å². The van der Waals surface area contributed by atoms with Crippen molar-refractivity contribution in [2.45, 2.75) is 0 Å². The van der Waals surface area contributed by atoms with Gasteiger partial charge < -0.3 is 5.11 Å². The molecule has 0 saturated heterocycles. The van der Waals surface area contributed by atoms with E-state index in [1.165, 1.54) is 23.5 Å². The average molecular weight is 339 g/mol. The fourth-order valence-electron chi connectivity index (χ4n) is 2.02. The first-order valence-electron chi connectivity index (χ1n) is 6.06. The Labute approximate surface area is 132 Å². The number of halogens is 2. The van der Waals surface area contributed by atoms with Crippen molar-refractivity contribution in [1.29, 1.82) is 0 Å². The van der Waals surface area contributed by atoms with Gasteiger partial charge in [0, 0.05) is 11.5 Å². The first kappa shape index (κ1) is 14.6. The second-order valence-corrected chi connectivity index (χ2v) is 5.75. The van der Waals surface area contributed by atoms with Gasteiger partial charge in [0.05, 0.1) is 15.4 Å². The molecule has 112 valence electrons. The van der Waals surface area contributed by atoms with Gasteiger partial charge in [-0.3, -0.25) is 10.1 Å². The van der Waals surface area contributed by atoms with Gasteiger partial charge in [-0.25, -0.2) is 13.8 Å². The van der Waals surface area contributed by atoms with Crippen LogP contribution in [0.25, 0.3) is 10.9 Å². The van der Waals surface area contributed by atoms with Crippen molar-refractivity contribution in [2.75, 3.05) is 0 Å². The van der Waals surface area contributed by atoms with Crippen molar-refractivity contribution in [3.8, 4) is 5.88 Å². The molecular weight excluding hydrogens is 331 g/mol. The van der Waals surface area contributed by atoms with Gasteiger partial charge >= 0.3 is 6.03 Å². The van der Waals surface area contributed by atoms with Crippen LogP contribution in [-0.4, -0.2) is 21.6 Å². The standard InChI is InChI=1S/C14H8ClFN2O3S/c15-8-6-10-7(4-9(8)16)5-12(19)18(10)14(21)17-13(20)11-2-1-3-22-11/h1-6,19H,(H,17,20,21). The molecule has 0 aliphatic rings. The number of nitrogens with zero attached hydrogens (tertiary/aromatic N) is 1. The summed E-state index contributed by atoms with van der Waals surface area (Å²) in [6, 6.07) is 5.91. The van der Waals surface area contributed by atoms with E-state index in [4.69, 9.17) is 11.6 Å². The lowest BCUT2D eigenvalue weighted by Crippen LogP contribution is -2.33. The van der Waals surface area contributed by atoms with Crippen LogP contribution < -0.4 is 5.32 Å². The molecule has 1 aromatic carbocycles. The summed E-state index contributed by atoms with van der Waals surface area (Å²) in [7, 11) is 0. The maximum atomic E-state index is 13.4. The van der Waals surface area contributed by atoms with Gasteiger partial charge in [0.25, 0.3) is 5.91 Å². The van der Waals surface area contributed by atoms with E-state index in [9.17, 15) is 19.1 Å². The zero-order chi connectivity index (χ0) is 15.9. The highest BCUT2D eigenvalue weighted by Crippen LogP contribution is 2.29. The Morgan fingerprint density at radius 2 is 2.09 bits per heavy atom. The largest absolute Gasteiger partial charge is 0.494 e. The summed E-state index contributed by atoms with van der Waals surface area (Å²) < 4.78 is 14.3. The number of nitrogens with one attached hydrogen (secondary N) is 1. The molecule has 0 radical (unpaired) electrons. The Morgan fingerprint density at radius 3 is 2.77 bits per heavy atom. The summed E-state index contributed by atoms with van der Waals surface area (Å²) in [5.41, 5.74) is 0.195. The second kappa shape index (κ2) is 5.43. The number of carbonyl (C=O) groups excluding carboxylic acids is 2. The monoisotopic (exact) mass is 338 g/mol. The summed E-state index contributed by atoms with van der Waals surface area (Å²) in [6.45, 7) is 0. The van der Waals surface area contributed by atoms with Crippen molar-refractivity contribution < 1.29 is 19.1 Å². The first-order chi connectivity index (χ1) is 10.5. The predicted octanol–water partition coefficient (Wildman–Crippen LogP) is 3.60. The molecule has 3 rings (SSSR count). The maximum absolute atomic E-state index is 13.4. The second-order valence-electron chi connectivity index (χ2n) is 4.40. The molecule has 0 bridgehead atoms. The Morgan fingerprint density at radius 1 is 1.32 bits per heavy atom. The number of hydrogen-bond donors (Lipinski definition) is 2. The molecule has 0 saturated carbocycles. The van der Waals surface area contributed by atoms with Crippen LogP contribution in [-0.2, 0) is 0 Å². The van der Waals surface area contributed by atoms with Crippen LogP contribution in [0.2, 0.25) is 5.02 Å². The Bertz CT molecular complexity index is 889. The van der Waals surface area contributed by atoms with Gasteiger partial charge in [-0.1, -0.05) is 17.7 Å². The summed E-state index contributed by atoms with van der Waals surface area (Å²) in [4.78, 5) is 24.4. The molecule has 0 unspecified atom stereocenters. The Balaban J connectivity index is 1.99. The minimum absolute atomic E-state index is 0.191. The molecule has 2 N–H and O–H groups in total. The van der Waals surface area contributed by atoms with E-state index >= 15 is 0 Å². The van der Waals surface area contributed by atoms with E-state index in [1.54, 1.807) is 17.5 Å². The van der Waals surface area contributed by atoms with Crippen molar-refractivity contribution >= 4 is 45.8 Å². The summed E-state index contributed by atoms with van der Waals surface area (Å²) in [6.07, 6.45) is 0. The molecule has 0 atom stereocenters. The number of benzene rings is 1. The third kappa shape index (κ3) is 2.44. The van der Waals surface area contributed by atoms with Gasteiger partial charge in [-0.15, -0.1) is 11.3 Å². The zero-order valence-corrected chi connectivity index (χ0v) is 12.4. The number of aromatic nitrogens is 1. The van der Waals surface area contributed by atoms with Crippen LogP contribution in [0.5, 0.6) is 5.88 Å². The van der Waals surface area contributed by atoms with Crippen LogP contribution in [0.1, 0.15) is 9.67 Å². The fourth-order valence-corrected chi connectivity index (χ4v) is 2.80. The third-order valence-electron chi connectivity index (χ3n) is 2.99. The fraction of sp³-hybridized carbons (Fsp3) is 0. The third-order valence-corrected chi connectivity index (χ3v) is 4.15. The van der Waals surface area contributed by atoms with E-state index in [1.807, 2.05) is 0 Å². The van der Waals surface area contributed by atoms with Gasteiger partial charge in [0.1, 0.15) is 5.82 Å². The summed E-state index contributed by atoms with van der Waals surface area (Å²) in [5.74, 6) is -1.68. The minimum Gasteiger partial charge on any atom is -0.494 e. The van der Waals surface area contributed by atoms with Crippen molar-refractivity contribution in [3.05, 3.63) is 51.4 Å². The van der Waals surface area contributed by atoms with E-state index in [-0.39, 0.29) is 15.9 Å². The predicted molar refractivity (Wildman–Crippen MR) is 81.2 cm³/mol. The number of thiophene rings is 1. The lowest BCUT2D eigenvalue weighted by atomic mass is 10.2. The number of hydrogen-bond acceptors (Lipinski definition) is 4. The highest BCUT2D eigenvalue weighted by molar-refractivity contribution is 7.12. The molecule has 0 aliphatic heterocycles. The van der Waals surface area contributed by atoms with Gasteiger partial charge in [0.2, 0.25) is 0 Å². The molecular formula is C14H8ClFN2O3S. The van der Waals surface area contributed by atoms with Crippen molar-refractivity contribution in [2.24, 2.45) is 0 Å². The molecule has 2 amide bonds. The Hall–Kier alpha value is -2.38. The maximum Gasteiger partial charge on any atom is 0.335 e. The van der Waals surface area contributed by atoms with E-state index < -0.39 is 23.6 Å². The molecule has 2 heterocycles.